The van der Waals surface area contributed by atoms with Crippen molar-refractivity contribution in [3.8, 4) is 23.3 Å². The van der Waals surface area contributed by atoms with Gasteiger partial charge in [-0.15, -0.1) is 0 Å². The minimum Gasteiger partial charge on any atom is -0.496 e. The first-order valence-electron chi connectivity index (χ1n) is 8.38. The number of carboxylic acids is 1. The predicted molar refractivity (Wildman–Crippen MR) is 102 cm³/mol. The van der Waals surface area contributed by atoms with E-state index in [9.17, 15) is 4.79 Å². The molecule has 28 heavy (non-hydrogen) atoms. The van der Waals surface area contributed by atoms with E-state index in [-0.39, 0.29) is 11.8 Å². The third kappa shape index (κ3) is 4.64. The average Bonchev–Trinajstić information content (AvgIpc) is 2.70. The van der Waals surface area contributed by atoms with Gasteiger partial charge < -0.3 is 19.3 Å². The summed E-state index contributed by atoms with van der Waals surface area (Å²) < 4.78 is 17.0. The maximum Gasteiger partial charge on any atom is 0.332 e. The molecular formula is C21H18N2O5. The summed E-state index contributed by atoms with van der Waals surface area (Å²) >= 11 is 0. The lowest BCUT2D eigenvalue weighted by Gasteiger charge is -2.15. The van der Waals surface area contributed by atoms with Crippen molar-refractivity contribution < 1.29 is 24.1 Å². The van der Waals surface area contributed by atoms with Gasteiger partial charge in [-0.3, -0.25) is 0 Å². The van der Waals surface area contributed by atoms with Gasteiger partial charge in [-0.25, -0.2) is 14.8 Å². The van der Waals surface area contributed by atoms with Crippen molar-refractivity contribution in [2.45, 2.75) is 6.92 Å². The third-order valence-electron chi connectivity index (χ3n) is 3.65. The number of methoxy groups -OCH3 is 1. The second-order valence-corrected chi connectivity index (χ2v) is 5.74. The first-order chi connectivity index (χ1) is 13.6. The summed E-state index contributed by atoms with van der Waals surface area (Å²) in [7, 11) is 1.40. The molecule has 1 aromatic heterocycles. The Morgan fingerprint density at radius 2 is 1.50 bits per heavy atom. The fourth-order valence-electron chi connectivity index (χ4n) is 2.39. The van der Waals surface area contributed by atoms with Crippen molar-refractivity contribution in [1.29, 1.82) is 0 Å². The fourth-order valence-corrected chi connectivity index (χ4v) is 2.39. The number of aromatic nitrogens is 2. The number of carbonyl (C=O) groups is 1. The predicted octanol–water partition coefficient (Wildman–Crippen LogP) is 4.44. The summed E-state index contributed by atoms with van der Waals surface area (Å²) in [5.74, 6) is 0.306. The van der Waals surface area contributed by atoms with Crippen LogP contribution in [0.4, 0.5) is 0 Å². The van der Waals surface area contributed by atoms with E-state index >= 15 is 0 Å². The zero-order valence-electron chi connectivity index (χ0n) is 15.3. The van der Waals surface area contributed by atoms with Crippen molar-refractivity contribution in [3.05, 3.63) is 78.1 Å². The Bertz CT molecular complexity index is 1000. The molecule has 7 heteroatoms. The van der Waals surface area contributed by atoms with Crippen LogP contribution in [-0.4, -0.2) is 28.2 Å². The van der Waals surface area contributed by atoms with Crippen LogP contribution in [0.15, 0.2) is 67.0 Å². The van der Waals surface area contributed by atoms with Gasteiger partial charge in [0.2, 0.25) is 0 Å². The highest BCUT2D eigenvalue weighted by atomic mass is 16.5. The van der Waals surface area contributed by atoms with E-state index in [1.54, 1.807) is 60.9 Å². The van der Waals surface area contributed by atoms with E-state index in [1.165, 1.54) is 7.11 Å². The van der Waals surface area contributed by atoms with Crippen LogP contribution in [0.1, 0.15) is 11.1 Å². The van der Waals surface area contributed by atoms with Gasteiger partial charge in [-0.1, -0.05) is 24.3 Å². The summed E-state index contributed by atoms with van der Waals surface area (Å²) in [4.78, 5) is 19.3. The monoisotopic (exact) mass is 378 g/mol. The number of hydrogen-bond acceptors (Lipinski definition) is 6. The number of benzene rings is 2. The van der Waals surface area contributed by atoms with E-state index in [0.29, 0.717) is 22.8 Å². The van der Waals surface area contributed by atoms with Gasteiger partial charge in [0, 0.05) is 12.4 Å². The Kier molecular flexibility index (Phi) is 5.86. The molecule has 0 amide bonds. The normalized spacial score (nSPS) is 11.0. The Morgan fingerprint density at radius 3 is 2.11 bits per heavy atom. The molecule has 0 radical (unpaired) electrons. The lowest BCUT2D eigenvalue weighted by atomic mass is 10.1. The zero-order chi connectivity index (χ0) is 19.9. The molecule has 0 aliphatic heterocycles. The smallest absolute Gasteiger partial charge is 0.332 e. The van der Waals surface area contributed by atoms with Gasteiger partial charge in [-0.05, 0) is 36.8 Å². The molecule has 1 N–H and O–H groups in total. The number of carboxylic acid groups (broad SMARTS) is 1. The minimum atomic E-state index is -1.12. The van der Waals surface area contributed by atoms with Crippen LogP contribution in [0.25, 0.3) is 5.76 Å². The number of para-hydroxylation sites is 3. The average molecular weight is 378 g/mol. The molecule has 0 aliphatic carbocycles. The molecule has 0 spiro atoms. The molecule has 0 saturated carbocycles. The molecule has 0 bridgehead atoms. The quantitative estimate of drug-likeness (QED) is 0.480. The lowest BCUT2D eigenvalue weighted by Crippen LogP contribution is -1.98. The molecule has 3 aromatic rings. The van der Waals surface area contributed by atoms with Crippen LogP contribution in [-0.2, 0) is 9.53 Å². The van der Waals surface area contributed by atoms with Gasteiger partial charge >= 0.3 is 12.0 Å². The SMILES string of the molecule is CO/C(=C\C(=O)O)c1ccccc1Oc1ccccc1Oc1ncc(C)cn1. The maximum atomic E-state index is 11.1. The van der Waals surface area contributed by atoms with E-state index in [2.05, 4.69) is 9.97 Å². The van der Waals surface area contributed by atoms with Crippen molar-refractivity contribution in [1.82, 2.24) is 9.97 Å². The molecule has 2 aromatic carbocycles. The molecule has 0 aliphatic rings. The van der Waals surface area contributed by atoms with Gasteiger partial charge in [0.1, 0.15) is 11.5 Å². The van der Waals surface area contributed by atoms with Crippen molar-refractivity contribution in [2.75, 3.05) is 7.11 Å². The molecule has 0 atom stereocenters. The highest BCUT2D eigenvalue weighted by Crippen LogP contribution is 2.36. The zero-order valence-corrected chi connectivity index (χ0v) is 15.3. The summed E-state index contributed by atoms with van der Waals surface area (Å²) in [6.07, 6.45) is 4.29. The Balaban J connectivity index is 1.93. The number of nitrogens with zero attached hydrogens (tertiary/aromatic N) is 2. The Hall–Kier alpha value is -3.87. The lowest BCUT2D eigenvalue weighted by molar-refractivity contribution is -0.131. The molecular weight excluding hydrogens is 360 g/mol. The molecule has 142 valence electrons. The van der Waals surface area contributed by atoms with Gasteiger partial charge in [0.25, 0.3) is 0 Å². The van der Waals surface area contributed by atoms with Crippen LogP contribution < -0.4 is 9.47 Å². The largest absolute Gasteiger partial charge is 0.496 e. The number of aryl methyl sites for hydroxylation is 1. The van der Waals surface area contributed by atoms with Crippen molar-refractivity contribution in [3.63, 3.8) is 0 Å². The van der Waals surface area contributed by atoms with E-state index in [4.69, 9.17) is 19.3 Å². The van der Waals surface area contributed by atoms with E-state index in [0.717, 1.165) is 11.6 Å². The van der Waals surface area contributed by atoms with Gasteiger partial charge in [0.05, 0.1) is 18.7 Å². The highest BCUT2D eigenvalue weighted by molar-refractivity contribution is 5.89. The van der Waals surface area contributed by atoms with Crippen LogP contribution in [0.3, 0.4) is 0 Å². The topological polar surface area (TPSA) is 90.8 Å². The van der Waals surface area contributed by atoms with E-state index < -0.39 is 5.97 Å². The number of hydrogen-bond donors (Lipinski definition) is 1. The molecule has 0 unspecified atom stereocenters. The van der Waals surface area contributed by atoms with Crippen LogP contribution in [0.5, 0.6) is 23.3 Å². The minimum absolute atomic E-state index is 0.170. The molecule has 7 nitrogen and oxygen atoms in total. The fraction of sp³-hybridized carbons (Fsp3) is 0.0952. The van der Waals surface area contributed by atoms with Gasteiger partial charge in [-0.2, -0.15) is 0 Å². The molecule has 0 fully saturated rings. The van der Waals surface area contributed by atoms with Crippen LogP contribution in [0.2, 0.25) is 0 Å². The molecule has 1 heterocycles. The van der Waals surface area contributed by atoms with Crippen molar-refractivity contribution in [2.24, 2.45) is 0 Å². The summed E-state index contributed by atoms with van der Waals surface area (Å²) in [5.41, 5.74) is 1.41. The summed E-state index contributed by atoms with van der Waals surface area (Å²) in [5, 5.41) is 9.05. The third-order valence-corrected chi connectivity index (χ3v) is 3.65. The maximum absolute atomic E-state index is 11.1. The standard InChI is InChI=1S/C21H18N2O5/c1-14-12-22-21(23-13-14)28-18-10-6-5-9-17(18)27-16-8-4-3-7-15(16)19(26-2)11-20(24)25/h3-13H,1-2H3,(H,24,25)/b19-11-. The first kappa shape index (κ1) is 18.9. The summed E-state index contributed by atoms with van der Waals surface area (Å²) in [6.45, 7) is 1.88. The van der Waals surface area contributed by atoms with E-state index in [1.807, 2.05) is 6.92 Å². The Labute approximate surface area is 161 Å². The van der Waals surface area contributed by atoms with Crippen molar-refractivity contribution >= 4 is 11.7 Å². The highest BCUT2D eigenvalue weighted by Gasteiger charge is 2.14. The number of rotatable bonds is 7. The first-order valence-corrected chi connectivity index (χ1v) is 8.38. The number of aliphatic carboxylic acids is 1. The Morgan fingerprint density at radius 1 is 0.929 bits per heavy atom. The second kappa shape index (κ2) is 8.68. The molecule has 0 saturated heterocycles. The second-order valence-electron chi connectivity index (χ2n) is 5.74. The summed E-state index contributed by atoms with van der Waals surface area (Å²) in [6, 6.07) is 14.2. The van der Waals surface area contributed by atoms with Gasteiger partial charge in [0.15, 0.2) is 11.5 Å². The van der Waals surface area contributed by atoms with Crippen LogP contribution in [0, 0.1) is 6.92 Å². The molecule has 3 rings (SSSR count). The number of ether oxygens (including phenoxy) is 3. The van der Waals surface area contributed by atoms with Crippen LogP contribution >= 0.6 is 0 Å².